The molecule has 0 saturated carbocycles. The van der Waals surface area contributed by atoms with Crippen LogP contribution in [0.2, 0.25) is 0 Å². The normalized spacial score (nSPS) is 13.8. The first kappa shape index (κ1) is 13.6. The Morgan fingerprint density at radius 2 is 1.86 bits per heavy atom. The van der Waals surface area contributed by atoms with Crippen LogP contribution in [0.15, 0.2) is 48.0 Å². The summed E-state index contributed by atoms with van der Waals surface area (Å²) < 4.78 is 5.27. The van der Waals surface area contributed by atoms with E-state index in [0.29, 0.717) is 0 Å². The molecule has 0 heterocycles. The average Bonchev–Trinajstić information content (AvgIpc) is 2.54. The Morgan fingerprint density at radius 3 is 2.57 bits per heavy atom. The molecule has 0 fully saturated rings. The van der Waals surface area contributed by atoms with Crippen LogP contribution >= 0.6 is 0 Å². The smallest absolute Gasteiger partial charge is 0.146 e. The van der Waals surface area contributed by atoms with Crippen LogP contribution in [0, 0.1) is 6.92 Å². The minimum absolute atomic E-state index is 0.807. The number of rotatable bonds is 3. The van der Waals surface area contributed by atoms with Gasteiger partial charge >= 0.3 is 0 Å². The summed E-state index contributed by atoms with van der Waals surface area (Å²) in [5.41, 5.74) is 6.70. The van der Waals surface area contributed by atoms with Crippen molar-refractivity contribution in [2.24, 2.45) is 0 Å². The van der Waals surface area contributed by atoms with E-state index in [9.17, 15) is 4.79 Å². The Bertz CT molecular complexity index is 726. The number of carbonyl (C=O) groups excluding carboxylic acids is 1. The Kier molecular flexibility index (Phi) is 3.61. The topological polar surface area (TPSA) is 26.3 Å². The van der Waals surface area contributed by atoms with Crippen LogP contribution in [0.1, 0.15) is 28.7 Å². The minimum Gasteiger partial charge on any atom is -0.497 e. The molecule has 0 amide bonds. The van der Waals surface area contributed by atoms with Crippen LogP contribution in [0.25, 0.3) is 5.57 Å². The number of aryl methyl sites for hydroxylation is 2. The fourth-order valence-electron chi connectivity index (χ4n) is 3.03. The Hall–Kier alpha value is -2.35. The Labute approximate surface area is 125 Å². The molecule has 0 spiro atoms. The van der Waals surface area contributed by atoms with Crippen LogP contribution in [0.4, 0.5) is 0 Å². The van der Waals surface area contributed by atoms with Gasteiger partial charge in [0.05, 0.1) is 7.11 Å². The summed E-state index contributed by atoms with van der Waals surface area (Å²) in [5.74, 6) is 0.841. The third kappa shape index (κ3) is 2.38. The van der Waals surface area contributed by atoms with Crippen molar-refractivity contribution in [3.8, 4) is 5.75 Å². The van der Waals surface area contributed by atoms with Gasteiger partial charge in [-0.2, -0.15) is 0 Å². The summed E-state index contributed by atoms with van der Waals surface area (Å²) in [6.07, 6.45) is 2.75. The molecule has 0 atom stereocenters. The van der Waals surface area contributed by atoms with E-state index >= 15 is 0 Å². The van der Waals surface area contributed by atoms with E-state index in [1.165, 1.54) is 11.1 Å². The number of ether oxygens (including phenoxy) is 1. The van der Waals surface area contributed by atoms with Gasteiger partial charge in [-0.1, -0.05) is 30.3 Å². The molecule has 3 rings (SSSR count). The lowest BCUT2D eigenvalue weighted by molar-refractivity contribution is -0.105. The zero-order valence-electron chi connectivity index (χ0n) is 12.3. The lowest BCUT2D eigenvalue weighted by Crippen LogP contribution is -2.08. The van der Waals surface area contributed by atoms with Gasteiger partial charge in [0.15, 0.2) is 0 Å². The van der Waals surface area contributed by atoms with E-state index in [1.54, 1.807) is 7.11 Å². The van der Waals surface area contributed by atoms with Crippen molar-refractivity contribution < 1.29 is 9.53 Å². The van der Waals surface area contributed by atoms with Crippen molar-refractivity contribution in [2.75, 3.05) is 7.11 Å². The molecule has 0 unspecified atom stereocenters. The van der Waals surface area contributed by atoms with E-state index in [4.69, 9.17) is 4.74 Å². The first-order chi connectivity index (χ1) is 10.2. The molecule has 2 aromatic carbocycles. The number of aldehydes is 1. The highest BCUT2D eigenvalue weighted by Crippen LogP contribution is 2.37. The number of hydrogen-bond donors (Lipinski definition) is 0. The molecule has 1 aliphatic rings. The van der Waals surface area contributed by atoms with Crippen LogP contribution < -0.4 is 4.74 Å². The van der Waals surface area contributed by atoms with E-state index < -0.39 is 0 Å². The summed E-state index contributed by atoms with van der Waals surface area (Å²) in [7, 11) is 1.67. The third-order valence-corrected chi connectivity index (χ3v) is 4.12. The lowest BCUT2D eigenvalue weighted by Gasteiger charge is -2.22. The van der Waals surface area contributed by atoms with Gasteiger partial charge in [0.1, 0.15) is 12.0 Å². The highest BCUT2D eigenvalue weighted by atomic mass is 16.5. The first-order valence-electron chi connectivity index (χ1n) is 7.16. The van der Waals surface area contributed by atoms with Gasteiger partial charge in [0.25, 0.3) is 0 Å². The van der Waals surface area contributed by atoms with Gasteiger partial charge in [-0.05, 0) is 59.7 Å². The lowest BCUT2D eigenvalue weighted by atomic mass is 9.81. The molecule has 0 N–H and O–H groups in total. The number of carbonyl (C=O) groups is 1. The molecule has 0 aromatic heterocycles. The molecule has 2 heteroatoms. The van der Waals surface area contributed by atoms with Crippen molar-refractivity contribution in [1.29, 1.82) is 0 Å². The van der Waals surface area contributed by atoms with Gasteiger partial charge in [0, 0.05) is 5.57 Å². The molecular weight excluding hydrogens is 260 g/mol. The summed E-state index contributed by atoms with van der Waals surface area (Å²) in [5, 5.41) is 0. The number of allylic oxidation sites excluding steroid dienone is 1. The third-order valence-electron chi connectivity index (χ3n) is 4.12. The summed E-state index contributed by atoms with van der Waals surface area (Å²) in [4.78, 5) is 11.5. The molecular formula is C19H18O2. The van der Waals surface area contributed by atoms with Crippen molar-refractivity contribution in [1.82, 2.24) is 0 Å². The zero-order chi connectivity index (χ0) is 14.8. The monoisotopic (exact) mass is 278 g/mol. The van der Waals surface area contributed by atoms with Gasteiger partial charge in [-0.25, -0.2) is 0 Å². The number of benzene rings is 2. The van der Waals surface area contributed by atoms with Crippen LogP contribution in [0.3, 0.4) is 0 Å². The van der Waals surface area contributed by atoms with Gasteiger partial charge < -0.3 is 4.74 Å². The second-order valence-electron chi connectivity index (χ2n) is 5.36. The van der Waals surface area contributed by atoms with Crippen LogP contribution in [-0.2, 0) is 11.2 Å². The molecule has 0 saturated heterocycles. The average molecular weight is 278 g/mol. The van der Waals surface area contributed by atoms with E-state index in [2.05, 4.69) is 31.2 Å². The quantitative estimate of drug-likeness (QED) is 0.795. The molecule has 0 aliphatic heterocycles. The molecule has 1 aliphatic carbocycles. The second kappa shape index (κ2) is 5.57. The standard InChI is InChI=1S/C19H18O2/c1-13-11-16(21-2)9-10-17(13)19-15(12-20)8-7-14-5-3-4-6-18(14)19/h3-6,9-12H,7-8H2,1-2H3. The Balaban J connectivity index is 2.22. The van der Waals surface area contributed by atoms with Crippen molar-refractivity contribution in [3.05, 3.63) is 70.3 Å². The largest absolute Gasteiger partial charge is 0.497 e. The van der Waals surface area contributed by atoms with Gasteiger partial charge in [0.2, 0.25) is 0 Å². The summed E-state index contributed by atoms with van der Waals surface area (Å²) in [6.45, 7) is 2.06. The minimum atomic E-state index is 0.807. The molecule has 21 heavy (non-hydrogen) atoms. The maximum Gasteiger partial charge on any atom is 0.146 e. The van der Waals surface area contributed by atoms with Crippen LogP contribution in [0.5, 0.6) is 5.75 Å². The van der Waals surface area contributed by atoms with Crippen molar-refractivity contribution >= 4 is 11.9 Å². The molecule has 106 valence electrons. The summed E-state index contributed by atoms with van der Waals surface area (Å²) in [6, 6.07) is 14.4. The van der Waals surface area contributed by atoms with Crippen LogP contribution in [-0.4, -0.2) is 13.4 Å². The van der Waals surface area contributed by atoms with E-state index in [0.717, 1.165) is 47.2 Å². The highest BCUT2D eigenvalue weighted by molar-refractivity contribution is 5.97. The molecule has 0 bridgehead atoms. The van der Waals surface area contributed by atoms with Crippen molar-refractivity contribution in [3.63, 3.8) is 0 Å². The second-order valence-corrected chi connectivity index (χ2v) is 5.36. The SMILES string of the molecule is COc1ccc(C2=C(C=O)CCc3ccccc32)c(C)c1. The predicted octanol–water partition coefficient (Wildman–Crippen LogP) is 3.95. The number of fused-ring (bicyclic) bond motifs is 1. The predicted molar refractivity (Wildman–Crippen MR) is 84.6 cm³/mol. The number of hydrogen-bond acceptors (Lipinski definition) is 2. The van der Waals surface area contributed by atoms with E-state index in [-0.39, 0.29) is 0 Å². The van der Waals surface area contributed by atoms with E-state index in [1.807, 2.05) is 18.2 Å². The molecule has 2 aromatic rings. The molecule has 2 nitrogen and oxygen atoms in total. The van der Waals surface area contributed by atoms with Gasteiger partial charge in [-0.15, -0.1) is 0 Å². The van der Waals surface area contributed by atoms with Crippen molar-refractivity contribution in [2.45, 2.75) is 19.8 Å². The highest BCUT2D eigenvalue weighted by Gasteiger charge is 2.20. The zero-order valence-corrected chi connectivity index (χ0v) is 12.3. The first-order valence-corrected chi connectivity index (χ1v) is 7.16. The molecule has 0 radical (unpaired) electrons. The van der Waals surface area contributed by atoms with Gasteiger partial charge in [-0.3, -0.25) is 4.79 Å². The summed E-state index contributed by atoms with van der Waals surface area (Å²) >= 11 is 0. The fraction of sp³-hybridized carbons (Fsp3) is 0.211. The Morgan fingerprint density at radius 1 is 1.05 bits per heavy atom. The maximum atomic E-state index is 11.5. The fourth-order valence-corrected chi connectivity index (χ4v) is 3.03. The number of methoxy groups -OCH3 is 1. The maximum absolute atomic E-state index is 11.5.